The molecule has 2 amide bonds. The number of nitrogens with one attached hydrogen (secondary N) is 1. The van der Waals surface area contributed by atoms with Crippen molar-refractivity contribution in [1.82, 2.24) is 9.88 Å². The highest BCUT2D eigenvalue weighted by Gasteiger charge is 2.28. The Hall–Kier alpha value is -3.35. The number of fused-ring (bicyclic) bond motifs is 3. The van der Waals surface area contributed by atoms with Crippen LogP contribution < -0.4 is 10.1 Å². The zero-order chi connectivity index (χ0) is 22.8. The molecule has 7 heteroatoms. The summed E-state index contributed by atoms with van der Waals surface area (Å²) in [6, 6.07) is 9.51. The van der Waals surface area contributed by atoms with Crippen molar-refractivity contribution >= 4 is 28.6 Å². The van der Waals surface area contributed by atoms with E-state index in [0.29, 0.717) is 37.5 Å². The first-order valence-corrected chi connectivity index (χ1v) is 11.8. The molecule has 0 bridgehead atoms. The van der Waals surface area contributed by atoms with E-state index >= 15 is 0 Å². The highest BCUT2D eigenvalue weighted by molar-refractivity contribution is 5.92. The van der Waals surface area contributed by atoms with Crippen LogP contribution in [0.15, 0.2) is 40.9 Å². The van der Waals surface area contributed by atoms with Crippen molar-refractivity contribution < 1.29 is 18.7 Å². The molecular formula is C26H29N3O4. The SMILES string of the molecule is Cc1ccc(NC(=O)C2CCN(C(=O)COc3ccc4oc5c(c4c3)CCCC5)CC2)nc1. The average molecular weight is 448 g/mol. The fraction of sp³-hybridized carbons (Fsp3) is 0.423. The third-order valence-electron chi connectivity index (χ3n) is 6.67. The molecule has 1 aromatic carbocycles. The summed E-state index contributed by atoms with van der Waals surface area (Å²) in [7, 11) is 0. The van der Waals surface area contributed by atoms with Crippen LogP contribution in [0.2, 0.25) is 0 Å². The molecule has 33 heavy (non-hydrogen) atoms. The minimum absolute atomic E-state index is 0.00427. The molecule has 172 valence electrons. The summed E-state index contributed by atoms with van der Waals surface area (Å²) >= 11 is 0. The molecule has 1 fully saturated rings. The Morgan fingerprint density at radius 1 is 1.15 bits per heavy atom. The molecule has 0 radical (unpaired) electrons. The molecule has 0 atom stereocenters. The predicted molar refractivity (Wildman–Crippen MR) is 125 cm³/mol. The van der Waals surface area contributed by atoms with Crippen molar-refractivity contribution in [3.05, 3.63) is 53.4 Å². The summed E-state index contributed by atoms with van der Waals surface area (Å²) in [4.78, 5) is 31.2. The highest BCUT2D eigenvalue weighted by Crippen LogP contribution is 2.34. The number of carbonyl (C=O) groups excluding carboxylic acids is 2. The fourth-order valence-electron chi connectivity index (χ4n) is 4.73. The van der Waals surface area contributed by atoms with Crippen LogP contribution in [0.5, 0.6) is 5.75 Å². The molecule has 1 saturated heterocycles. The molecule has 5 rings (SSSR count). The van der Waals surface area contributed by atoms with E-state index in [-0.39, 0.29) is 24.3 Å². The number of benzene rings is 1. The zero-order valence-electron chi connectivity index (χ0n) is 18.9. The molecular weight excluding hydrogens is 418 g/mol. The number of likely N-dealkylation sites (tertiary alicyclic amines) is 1. The van der Waals surface area contributed by atoms with E-state index in [9.17, 15) is 9.59 Å². The molecule has 7 nitrogen and oxygen atoms in total. The number of rotatable bonds is 5. The van der Waals surface area contributed by atoms with Crippen molar-refractivity contribution in [1.29, 1.82) is 0 Å². The lowest BCUT2D eigenvalue weighted by molar-refractivity contribution is -0.136. The largest absolute Gasteiger partial charge is 0.484 e. The lowest BCUT2D eigenvalue weighted by Crippen LogP contribution is -2.43. The summed E-state index contributed by atoms with van der Waals surface area (Å²) in [5.41, 5.74) is 3.22. The maximum absolute atomic E-state index is 12.7. The zero-order valence-corrected chi connectivity index (χ0v) is 18.9. The van der Waals surface area contributed by atoms with Gasteiger partial charge < -0.3 is 19.4 Å². The van der Waals surface area contributed by atoms with E-state index in [1.807, 2.05) is 31.2 Å². The fourth-order valence-corrected chi connectivity index (χ4v) is 4.73. The maximum Gasteiger partial charge on any atom is 0.260 e. The van der Waals surface area contributed by atoms with Crippen molar-refractivity contribution in [2.45, 2.75) is 45.4 Å². The van der Waals surface area contributed by atoms with E-state index in [2.05, 4.69) is 10.3 Å². The first kappa shape index (κ1) is 21.5. The van der Waals surface area contributed by atoms with Gasteiger partial charge in [0.15, 0.2) is 6.61 Å². The molecule has 3 aromatic rings. The van der Waals surface area contributed by atoms with E-state index in [4.69, 9.17) is 9.15 Å². The van der Waals surface area contributed by atoms with Gasteiger partial charge in [-0.2, -0.15) is 0 Å². The van der Waals surface area contributed by atoms with Crippen LogP contribution in [0.25, 0.3) is 11.0 Å². The molecule has 3 heterocycles. The normalized spacial score (nSPS) is 16.5. The van der Waals surface area contributed by atoms with Crippen LogP contribution in [0, 0.1) is 12.8 Å². The summed E-state index contributed by atoms with van der Waals surface area (Å²) < 4.78 is 11.8. The Balaban J connectivity index is 1.12. The molecule has 1 aliphatic carbocycles. The highest BCUT2D eigenvalue weighted by atomic mass is 16.5. The standard InChI is InChI=1S/C26H29N3O4/c1-17-6-9-24(27-15-17)28-26(31)18-10-12-29(13-11-18)25(30)16-32-19-7-8-23-21(14-19)20-4-2-3-5-22(20)33-23/h6-9,14-15,18H,2-5,10-13,16H2,1H3,(H,27,28,31). The topological polar surface area (TPSA) is 84.7 Å². The molecule has 2 aliphatic rings. The Morgan fingerprint density at radius 2 is 1.97 bits per heavy atom. The van der Waals surface area contributed by atoms with Gasteiger partial charge in [-0.05, 0) is 68.9 Å². The number of ether oxygens (including phenoxy) is 1. The predicted octanol–water partition coefficient (Wildman–Crippen LogP) is 4.27. The second kappa shape index (κ2) is 9.25. The van der Waals surface area contributed by atoms with E-state index in [0.717, 1.165) is 35.1 Å². The van der Waals surface area contributed by atoms with E-state index in [1.54, 1.807) is 17.2 Å². The van der Waals surface area contributed by atoms with Gasteiger partial charge in [0.2, 0.25) is 5.91 Å². The quantitative estimate of drug-likeness (QED) is 0.631. The average Bonchev–Trinajstić information content (AvgIpc) is 3.22. The first-order chi connectivity index (χ1) is 16.1. The van der Waals surface area contributed by atoms with Gasteiger partial charge in [0.05, 0.1) is 0 Å². The number of piperidine rings is 1. The Bertz CT molecular complexity index is 1160. The number of aryl methyl sites for hydroxylation is 3. The number of furan rings is 1. The van der Waals surface area contributed by atoms with Gasteiger partial charge in [0.25, 0.3) is 5.91 Å². The van der Waals surface area contributed by atoms with Gasteiger partial charge in [-0.15, -0.1) is 0 Å². The van der Waals surface area contributed by atoms with Gasteiger partial charge in [-0.25, -0.2) is 4.98 Å². The Morgan fingerprint density at radius 3 is 2.76 bits per heavy atom. The van der Waals surface area contributed by atoms with Gasteiger partial charge in [-0.3, -0.25) is 9.59 Å². The number of hydrogen-bond donors (Lipinski definition) is 1. The summed E-state index contributed by atoms with van der Waals surface area (Å²) in [5, 5.41) is 3.98. The Labute approximate surface area is 193 Å². The van der Waals surface area contributed by atoms with Gasteiger partial charge >= 0.3 is 0 Å². The number of aromatic nitrogens is 1. The summed E-state index contributed by atoms with van der Waals surface area (Å²) in [6.45, 7) is 3.05. The van der Waals surface area contributed by atoms with Crippen LogP contribution in [0.1, 0.15) is 42.6 Å². The van der Waals surface area contributed by atoms with Crippen molar-refractivity contribution in [3.63, 3.8) is 0 Å². The number of amides is 2. The molecule has 0 spiro atoms. The van der Waals surface area contributed by atoms with Crippen LogP contribution in [0.3, 0.4) is 0 Å². The van der Waals surface area contributed by atoms with Crippen LogP contribution in [-0.4, -0.2) is 41.4 Å². The number of hydrogen-bond acceptors (Lipinski definition) is 5. The van der Waals surface area contributed by atoms with Crippen LogP contribution in [-0.2, 0) is 22.4 Å². The molecule has 1 N–H and O–H groups in total. The monoisotopic (exact) mass is 447 g/mol. The first-order valence-electron chi connectivity index (χ1n) is 11.8. The number of carbonyl (C=O) groups is 2. The lowest BCUT2D eigenvalue weighted by Gasteiger charge is -2.31. The number of anilines is 1. The minimum atomic E-state index is -0.118. The van der Waals surface area contributed by atoms with Crippen LogP contribution >= 0.6 is 0 Å². The second-order valence-electron chi connectivity index (χ2n) is 9.02. The maximum atomic E-state index is 12.7. The third kappa shape index (κ3) is 4.72. The molecule has 2 aromatic heterocycles. The van der Waals surface area contributed by atoms with E-state index < -0.39 is 0 Å². The van der Waals surface area contributed by atoms with E-state index in [1.165, 1.54) is 18.4 Å². The van der Waals surface area contributed by atoms with Crippen molar-refractivity contribution in [2.75, 3.05) is 25.0 Å². The third-order valence-corrected chi connectivity index (χ3v) is 6.67. The smallest absolute Gasteiger partial charge is 0.260 e. The van der Waals surface area contributed by atoms with Gasteiger partial charge in [-0.1, -0.05) is 6.07 Å². The number of pyridine rings is 1. The second-order valence-corrected chi connectivity index (χ2v) is 9.02. The lowest BCUT2D eigenvalue weighted by atomic mass is 9.96. The summed E-state index contributed by atoms with van der Waals surface area (Å²) in [6.07, 6.45) is 7.39. The van der Waals surface area contributed by atoms with Crippen molar-refractivity contribution in [3.8, 4) is 5.75 Å². The summed E-state index contributed by atoms with van der Waals surface area (Å²) in [5.74, 6) is 2.13. The molecule has 1 aliphatic heterocycles. The Kier molecular flexibility index (Phi) is 6.03. The molecule has 0 unspecified atom stereocenters. The van der Waals surface area contributed by atoms with Crippen LogP contribution in [0.4, 0.5) is 5.82 Å². The number of nitrogens with zero attached hydrogens (tertiary/aromatic N) is 2. The molecule has 0 saturated carbocycles. The minimum Gasteiger partial charge on any atom is -0.484 e. The van der Waals surface area contributed by atoms with Gasteiger partial charge in [0, 0.05) is 42.6 Å². The van der Waals surface area contributed by atoms with Crippen molar-refractivity contribution in [2.24, 2.45) is 5.92 Å². The van der Waals surface area contributed by atoms with Gasteiger partial charge in [0.1, 0.15) is 22.9 Å².